The van der Waals surface area contributed by atoms with E-state index in [-0.39, 0.29) is 29.6 Å². The first-order valence-electron chi connectivity index (χ1n) is 5.56. The smallest absolute Gasteiger partial charge is 0.233 e. The molecule has 1 aliphatic carbocycles. The third-order valence-electron chi connectivity index (χ3n) is 3.44. The van der Waals surface area contributed by atoms with Crippen molar-refractivity contribution >= 4 is 23.4 Å². The lowest BCUT2D eigenvalue weighted by molar-refractivity contribution is -0.140. The van der Waals surface area contributed by atoms with Crippen molar-refractivity contribution < 1.29 is 9.59 Å². The van der Waals surface area contributed by atoms with Crippen LogP contribution in [0.4, 0.5) is 0 Å². The van der Waals surface area contributed by atoms with Crippen molar-refractivity contribution in [2.75, 3.05) is 12.4 Å². The molecule has 0 aromatic carbocycles. The Kier molecular flexibility index (Phi) is 3.01. The molecule has 2 rings (SSSR count). The van der Waals surface area contributed by atoms with Crippen molar-refractivity contribution in [2.24, 2.45) is 17.8 Å². The van der Waals surface area contributed by atoms with E-state index in [1.807, 2.05) is 6.92 Å². The summed E-state index contributed by atoms with van der Waals surface area (Å²) in [6, 6.07) is 0. The number of carbonyl (C=O) groups excluding carboxylic acids is 2. The number of imide groups is 1. The number of hydrogen-bond donors (Lipinski definition) is 0. The highest BCUT2D eigenvalue weighted by Crippen LogP contribution is 2.39. The Bertz CT molecular complexity index is 270. The number of likely N-dealkylation sites (tertiary alicyclic amines) is 1. The lowest BCUT2D eigenvalue weighted by Gasteiger charge is -2.18. The van der Waals surface area contributed by atoms with Gasteiger partial charge in [0.2, 0.25) is 11.8 Å². The van der Waals surface area contributed by atoms with Gasteiger partial charge in [0.25, 0.3) is 0 Å². The molecule has 0 N–H and O–H groups in total. The van der Waals surface area contributed by atoms with Crippen LogP contribution in [0.1, 0.15) is 26.2 Å². The summed E-state index contributed by atoms with van der Waals surface area (Å²) in [7, 11) is 0. The van der Waals surface area contributed by atoms with E-state index in [2.05, 4.69) is 0 Å². The van der Waals surface area contributed by atoms with E-state index in [0.29, 0.717) is 12.4 Å². The van der Waals surface area contributed by atoms with E-state index in [0.717, 1.165) is 19.3 Å². The van der Waals surface area contributed by atoms with E-state index in [1.165, 1.54) is 4.90 Å². The zero-order chi connectivity index (χ0) is 11.0. The van der Waals surface area contributed by atoms with Crippen molar-refractivity contribution in [1.29, 1.82) is 0 Å². The fraction of sp³-hybridized carbons (Fsp3) is 0.818. The first-order chi connectivity index (χ1) is 7.15. The molecular formula is C11H16ClNO2. The second-order valence-corrected chi connectivity index (χ2v) is 5.00. The topological polar surface area (TPSA) is 37.4 Å². The fourth-order valence-electron chi connectivity index (χ4n) is 2.60. The Labute approximate surface area is 94.8 Å². The van der Waals surface area contributed by atoms with Crippen LogP contribution in [0.25, 0.3) is 0 Å². The van der Waals surface area contributed by atoms with Gasteiger partial charge in [-0.05, 0) is 18.8 Å². The van der Waals surface area contributed by atoms with Crippen molar-refractivity contribution in [2.45, 2.75) is 26.2 Å². The number of hydrogen-bond acceptors (Lipinski definition) is 2. The Morgan fingerprint density at radius 3 is 2.33 bits per heavy atom. The van der Waals surface area contributed by atoms with Gasteiger partial charge in [-0.2, -0.15) is 0 Å². The van der Waals surface area contributed by atoms with Gasteiger partial charge in [0, 0.05) is 12.4 Å². The molecule has 4 heteroatoms. The van der Waals surface area contributed by atoms with Crippen LogP contribution in [0.2, 0.25) is 0 Å². The molecule has 0 aromatic heterocycles. The zero-order valence-corrected chi connectivity index (χ0v) is 9.67. The Hall–Kier alpha value is -0.570. The van der Waals surface area contributed by atoms with E-state index < -0.39 is 0 Å². The highest BCUT2D eigenvalue weighted by Gasteiger charge is 2.49. The molecule has 1 aliphatic heterocycles. The largest absolute Gasteiger partial charge is 0.282 e. The van der Waals surface area contributed by atoms with Gasteiger partial charge in [-0.25, -0.2) is 0 Å². The zero-order valence-electron chi connectivity index (χ0n) is 8.91. The minimum atomic E-state index is -0.0139. The van der Waals surface area contributed by atoms with Crippen molar-refractivity contribution in [1.82, 2.24) is 4.90 Å². The predicted molar refractivity (Wildman–Crippen MR) is 57.4 cm³/mol. The molecule has 1 saturated heterocycles. The van der Waals surface area contributed by atoms with Crippen molar-refractivity contribution in [3.63, 3.8) is 0 Å². The van der Waals surface area contributed by atoms with E-state index in [9.17, 15) is 9.59 Å². The second kappa shape index (κ2) is 4.12. The van der Waals surface area contributed by atoms with Gasteiger partial charge in [-0.1, -0.05) is 13.3 Å². The molecule has 2 fully saturated rings. The molecule has 2 aliphatic rings. The summed E-state index contributed by atoms with van der Waals surface area (Å²) in [6.07, 6.45) is 2.80. The third-order valence-corrected chi connectivity index (χ3v) is 3.97. The summed E-state index contributed by atoms with van der Waals surface area (Å²) in [5.41, 5.74) is 0. The molecule has 0 bridgehead atoms. The summed E-state index contributed by atoms with van der Waals surface area (Å²) in [5.74, 6) is 0.740. The maximum absolute atomic E-state index is 11.9. The summed E-state index contributed by atoms with van der Waals surface area (Å²) >= 11 is 5.70. The van der Waals surface area contributed by atoms with Crippen LogP contribution in [0, 0.1) is 17.8 Å². The molecular weight excluding hydrogens is 214 g/mol. The van der Waals surface area contributed by atoms with Crippen LogP contribution in [0.5, 0.6) is 0 Å². The molecule has 0 aromatic rings. The number of halogens is 1. The number of alkyl halides is 1. The van der Waals surface area contributed by atoms with Crippen molar-refractivity contribution in [3.8, 4) is 0 Å². The van der Waals surface area contributed by atoms with Crippen LogP contribution in [0.3, 0.4) is 0 Å². The van der Waals surface area contributed by atoms with Crippen LogP contribution in [0.15, 0.2) is 0 Å². The Balaban J connectivity index is 2.08. The van der Waals surface area contributed by atoms with Crippen molar-refractivity contribution in [3.05, 3.63) is 0 Å². The predicted octanol–water partition coefficient (Wildman–Crippen LogP) is 1.65. The quantitative estimate of drug-likeness (QED) is 0.545. The van der Waals surface area contributed by atoms with E-state index >= 15 is 0 Å². The average molecular weight is 230 g/mol. The molecule has 1 saturated carbocycles. The third kappa shape index (κ3) is 1.78. The monoisotopic (exact) mass is 229 g/mol. The molecule has 3 atom stereocenters. The first-order valence-corrected chi connectivity index (χ1v) is 6.09. The number of carbonyl (C=O) groups is 2. The second-order valence-electron chi connectivity index (χ2n) is 4.69. The van der Waals surface area contributed by atoms with Crippen LogP contribution < -0.4 is 0 Å². The molecule has 0 spiro atoms. The normalized spacial score (nSPS) is 32.3. The van der Waals surface area contributed by atoms with Gasteiger partial charge in [0.15, 0.2) is 0 Å². The van der Waals surface area contributed by atoms with E-state index in [4.69, 9.17) is 11.6 Å². The van der Waals surface area contributed by atoms with Crippen LogP contribution in [-0.2, 0) is 9.59 Å². The molecule has 2 amide bonds. The summed E-state index contributed by atoms with van der Waals surface area (Å²) in [4.78, 5) is 25.3. The van der Waals surface area contributed by atoms with Crippen LogP contribution >= 0.6 is 11.6 Å². The van der Waals surface area contributed by atoms with Gasteiger partial charge in [0.05, 0.1) is 11.8 Å². The summed E-state index contributed by atoms with van der Waals surface area (Å²) in [5, 5.41) is 0. The average Bonchev–Trinajstić information content (AvgIpc) is 2.78. The van der Waals surface area contributed by atoms with Gasteiger partial charge in [-0.3, -0.25) is 14.5 Å². The van der Waals surface area contributed by atoms with Gasteiger partial charge in [0.1, 0.15) is 0 Å². The number of rotatable bonds is 3. The fourth-order valence-corrected chi connectivity index (χ4v) is 2.70. The highest BCUT2D eigenvalue weighted by atomic mass is 35.5. The van der Waals surface area contributed by atoms with Gasteiger partial charge in [-0.15, -0.1) is 11.6 Å². The molecule has 15 heavy (non-hydrogen) atoms. The summed E-state index contributed by atoms with van der Waals surface area (Å²) in [6.45, 7) is 2.45. The molecule has 3 unspecified atom stereocenters. The molecule has 1 heterocycles. The Morgan fingerprint density at radius 2 is 1.87 bits per heavy atom. The minimum absolute atomic E-state index is 0.0139. The number of amides is 2. The Morgan fingerprint density at radius 1 is 1.33 bits per heavy atom. The molecule has 84 valence electrons. The maximum atomic E-state index is 11.9. The van der Waals surface area contributed by atoms with Gasteiger partial charge < -0.3 is 0 Å². The first kappa shape index (κ1) is 10.9. The maximum Gasteiger partial charge on any atom is 0.233 e. The van der Waals surface area contributed by atoms with E-state index in [1.54, 1.807) is 0 Å². The molecule has 3 nitrogen and oxygen atoms in total. The minimum Gasteiger partial charge on any atom is -0.282 e. The SMILES string of the molecule is CC(CCl)CN1C(=O)C2CCCC2C1=O. The summed E-state index contributed by atoms with van der Waals surface area (Å²) < 4.78 is 0. The number of nitrogens with zero attached hydrogens (tertiary/aromatic N) is 1. The lowest BCUT2D eigenvalue weighted by atomic mass is 10.00. The lowest BCUT2D eigenvalue weighted by Crippen LogP contribution is -2.35. The standard InChI is InChI=1S/C11H16ClNO2/c1-7(5-12)6-13-10(14)8-3-2-4-9(8)11(13)15/h7-9H,2-6H2,1H3. The highest BCUT2D eigenvalue weighted by molar-refractivity contribution is 6.18. The molecule has 0 radical (unpaired) electrons. The van der Waals surface area contributed by atoms with Gasteiger partial charge >= 0.3 is 0 Å². The number of fused-ring (bicyclic) bond motifs is 1. The van der Waals surface area contributed by atoms with Crippen LogP contribution in [-0.4, -0.2) is 29.1 Å².